The summed E-state index contributed by atoms with van der Waals surface area (Å²) in [5.74, 6) is 0. The molecule has 6 heteroatoms. The Morgan fingerprint density at radius 3 is 2.37 bits per heavy atom. The van der Waals surface area contributed by atoms with Crippen LogP contribution in [0.15, 0.2) is 23.3 Å². The number of benzene rings is 1. The van der Waals surface area contributed by atoms with Gasteiger partial charge in [-0.25, -0.2) is 9.97 Å². The quantitative estimate of drug-likeness (QED) is 0.649. The Bertz CT molecular complexity index is 732. The van der Waals surface area contributed by atoms with Crippen LogP contribution in [0.4, 0.5) is 5.69 Å². The molecule has 0 atom stereocenters. The van der Waals surface area contributed by atoms with Crippen molar-refractivity contribution in [1.29, 1.82) is 10.5 Å². The van der Waals surface area contributed by atoms with E-state index in [0.717, 1.165) is 22.4 Å². The van der Waals surface area contributed by atoms with Gasteiger partial charge in [0.15, 0.2) is 0 Å². The minimum absolute atomic E-state index is 0.230. The van der Waals surface area contributed by atoms with E-state index in [-0.39, 0.29) is 5.71 Å². The van der Waals surface area contributed by atoms with Gasteiger partial charge in [-0.15, -0.1) is 0 Å². The van der Waals surface area contributed by atoms with E-state index in [1.54, 1.807) is 24.3 Å². The number of anilines is 1. The Balaban J connectivity index is 2.38. The van der Waals surface area contributed by atoms with E-state index in [4.69, 9.17) is 10.5 Å². The number of hydrogen-bond donors (Lipinski definition) is 1. The third-order valence-electron chi connectivity index (χ3n) is 2.58. The van der Waals surface area contributed by atoms with Crippen LogP contribution in [-0.4, -0.2) is 15.7 Å². The number of nitrogens with zero attached hydrogens (tertiary/aromatic N) is 5. The molecule has 1 N–H and O–H groups in total. The zero-order valence-electron chi connectivity index (χ0n) is 10.5. The van der Waals surface area contributed by atoms with Gasteiger partial charge in [0.05, 0.1) is 28.1 Å². The van der Waals surface area contributed by atoms with Crippen molar-refractivity contribution in [1.82, 2.24) is 9.97 Å². The zero-order valence-corrected chi connectivity index (χ0v) is 10.5. The minimum atomic E-state index is -0.230. The van der Waals surface area contributed by atoms with Crippen LogP contribution in [0, 0.1) is 36.5 Å². The van der Waals surface area contributed by atoms with Gasteiger partial charge in [-0.1, -0.05) is 0 Å². The van der Waals surface area contributed by atoms with Gasteiger partial charge in [0.1, 0.15) is 12.1 Å². The summed E-state index contributed by atoms with van der Waals surface area (Å²) in [5, 5.41) is 20.8. The molecule has 0 spiro atoms. The van der Waals surface area contributed by atoms with Gasteiger partial charge in [-0.2, -0.15) is 15.6 Å². The molecule has 0 bridgehead atoms. The minimum Gasteiger partial charge on any atom is -0.276 e. The summed E-state index contributed by atoms with van der Waals surface area (Å²) in [4.78, 5) is 8.84. The molecule has 0 aliphatic rings. The highest BCUT2D eigenvalue weighted by atomic mass is 15.3. The fourth-order valence-corrected chi connectivity index (χ4v) is 1.50. The van der Waals surface area contributed by atoms with Gasteiger partial charge in [-0.05, 0) is 32.0 Å². The van der Waals surface area contributed by atoms with Gasteiger partial charge >= 0.3 is 0 Å². The molecular weight excluding hydrogens is 240 g/mol. The monoisotopic (exact) mass is 250 g/mol. The Kier molecular flexibility index (Phi) is 3.35. The van der Waals surface area contributed by atoms with E-state index in [0.29, 0.717) is 5.69 Å². The first-order chi connectivity index (χ1) is 9.13. The number of fused-ring (bicyclic) bond motifs is 1. The summed E-state index contributed by atoms with van der Waals surface area (Å²) in [7, 11) is 0. The van der Waals surface area contributed by atoms with E-state index < -0.39 is 0 Å². The average molecular weight is 250 g/mol. The van der Waals surface area contributed by atoms with Crippen molar-refractivity contribution in [2.75, 3.05) is 5.43 Å². The van der Waals surface area contributed by atoms with Crippen LogP contribution in [-0.2, 0) is 0 Å². The molecule has 0 fully saturated rings. The summed E-state index contributed by atoms with van der Waals surface area (Å²) >= 11 is 0. The van der Waals surface area contributed by atoms with Crippen molar-refractivity contribution in [2.45, 2.75) is 13.8 Å². The maximum atomic E-state index is 8.58. The van der Waals surface area contributed by atoms with E-state index in [9.17, 15) is 0 Å². The van der Waals surface area contributed by atoms with Crippen LogP contribution in [0.1, 0.15) is 11.4 Å². The molecule has 19 heavy (non-hydrogen) atoms. The number of nitriles is 2. The third kappa shape index (κ3) is 2.64. The molecule has 2 aromatic rings. The first-order valence-corrected chi connectivity index (χ1v) is 5.53. The number of hydrazone groups is 1. The second-order valence-electron chi connectivity index (χ2n) is 3.89. The molecule has 0 aliphatic carbocycles. The highest BCUT2D eigenvalue weighted by Crippen LogP contribution is 2.17. The lowest BCUT2D eigenvalue weighted by atomic mass is 10.2. The molecule has 0 unspecified atom stereocenters. The highest BCUT2D eigenvalue weighted by Gasteiger charge is 2.02. The molecule has 2 rings (SSSR count). The van der Waals surface area contributed by atoms with E-state index in [2.05, 4.69) is 20.5 Å². The molecule has 1 aromatic heterocycles. The smallest absolute Gasteiger partial charge is 0.237 e. The molecule has 92 valence electrons. The van der Waals surface area contributed by atoms with Crippen molar-refractivity contribution in [2.24, 2.45) is 5.10 Å². The van der Waals surface area contributed by atoms with Gasteiger partial charge in [0, 0.05) is 0 Å². The lowest BCUT2D eigenvalue weighted by molar-refractivity contribution is 1.10. The highest BCUT2D eigenvalue weighted by molar-refractivity contribution is 6.10. The second kappa shape index (κ2) is 5.11. The van der Waals surface area contributed by atoms with Crippen LogP contribution < -0.4 is 5.43 Å². The Hall–Kier alpha value is -2.99. The van der Waals surface area contributed by atoms with E-state index in [1.807, 2.05) is 19.9 Å². The maximum Gasteiger partial charge on any atom is 0.237 e. The van der Waals surface area contributed by atoms with Crippen molar-refractivity contribution in [3.05, 3.63) is 29.6 Å². The van der Waals surface area contributed by atoms with E-state index >= 15 is 0 Å². The van der Waals surface area contributed by atoms with Gasteiger partial charge in [-0.3, -0.25) is 5.43 Å². The first kappa shape index (κ1) is 12.5. The predicted molar refractivity (Wildman–Crippen MR) is 71.3 cm³/mol. The standard InChI is InChI=1S/C13H10N6/c1-8-9(2)17-13-5-10(3-4-12(13)16-8)18-19-11(6-14)7-15/h3-5,18H,1-2H3. The SMILES string of the molecule is Cc1nc2ccc(NN=C(C#N)C#N)cc2nc1C. The molecule has 0 saturated carbocycles. The lowest BCUT2D eigenvalue weighted by Crippen LogP contribution is -1.98. The van der Waals surface area contributed by atoms with Crippen molar-refractivity contribution < 1.29 is 0 Å². The number of rotatable bonds is 2. The molecule has 6 nitrogen and oxygen atoms in total. The number of aromatic nitrogens is 2. The Labute approximate surface area is 110 Å². The van der Waals surface area contributed by atoms with Crippen LogP contribution in [0.3, 0.4) is 0 Å². The van der Waals surface area contributed by atoms with Gasteiger partial charge in [0.25, 0.3) is 0 Å². The molecular formula is C13H10N6. The van der Waals surface area contributed by atoms with Crippen molar-refractivity contribution in [3.8, 4) is 12.1 Å². The average Bonchev–Trinajstić information content (AvgIpc) is 2.41. The molecule has 1 heterocycles. The van der Waals surface area contributed by atoms with Gasteiger partial charge in [0.2, 0.25) is 5.71 Å². The van der Waals surface area contributed by atoms with Gasteiger partial charge < -0.3 is 0 Å². The fourth-order valence-electron chi connectivity index (χ4n) is 1.50. The Morgan fingerprint density at radius 2 is 1.74 bits per heavy atom. The normalized spacial score (nSPS) is 9.47. The summed E-state index contributed by atoms with van der Waals surface area (Å²) < 4.78 is 0. The maximum absolute atomic E-state index is 8.58. The number of aryl methyl sites for hydroxylation is 2. The lowest BCUT2D eigenvalue weighted by Gasteiger charge is -2.04. The first-order valence-electron chi connectivity index (χ1n) is 5.53. The van der Waals surface area contributed by atoms with Crippen LogP contribution in [0.2, 0.25) is 0 Å². The Morgan fingerprint density at radius 1 is 1.11 bits per heavy atom. The van der Waals surface area contributed by atoms with Crippen LogP contribution in [0.25, 0.3) is 11.0 Å². The third-order valence-corrected chi connectivity index (χ3v) is 2.58. The molecule has 0 radical (unpaired) electrons. The van der Waals surface area contributed by atoms with Crippen LogP contribution in [0.5, 0.6) is 0 Å². The van der Waals surface area contributed by atoms with E-state index in [1.165, 1.54) is 0 Å². The van der Waals surface area contributed by atoms with Crippen LogP contribution >= 0.6 is 0 Å². The number of hydrogen-bond acceptors (Lipinski definition) is 6. The number of nitrogens with one attached hydrogen (secondary N) is 1. The molecule has 0 aliphatic heterocycles. The predicted octanol–water partition coefficient (Wildman–Crippen LogP) is 2.06. The van der Waals surface area contributed by atoms with Crippen molar-refractivity contribution in [3.63, 3.8) is 0 Å². The molecule has 0 saturated heterocycles. The molecule has 1 aromatic carbocycles. The largest absolute Gasteiger partial charge is 0.276 e. The second-order valence-corrected chi connectivity index (χ2v) is 3.89. The zero-order chi connectivity index (χ0) is 13.8. The topological polar surface area (TPSA) is 97.8 Å². The summed E-state index contributed by atoms with van der Waals surface area (Å²) in [5.41, 5.74) is 6.34. The fraction of sp³-hybridized carbons (Fsp3) is 0.154. The summed E-state index contributed by atoms with van der Waals surface area (Å²) in [6, 6.07) is 8.69. The van der Waals surface area contributed by atoms with Crippen molar-refractivity contribution >= 4 is 22.4 Å². The molecule has 0 amide bonds. The summed E-state index contributed by atoms with van der Waals surface area (Å²) in [6.07, 6.45) is 0. The summed E-state index contributed by atoms with van der Waals surface area (Å²) in [6.45, 7) is 3.80.